The van der Waals surface area contributed by atoms with E-state index in [4.69, 9.17) is 18.9 Å². The maximum absolute atomic E-state index is 12.8. The number of fused-ring (bicyclic) bond motifs is 7. The Morgan fingerprint density at radius 3 is 1.83 bits per heavy atom. The van der Waals surface area contributed by atoms with Crippen molar-refractivity contribution < 1.29 is 28.5 Å². The SMILES string of the molecule is COc1ccc(C/C(C=O)=C/c2ccc3c4c(ccc3c2)OCOc2ccc3cc(/C=C/C(=O)c5ccc(OC)cc5)ccc3c2-4)cc1. The van der Waals surface area contributed by atoms with Gasteiger partial charge in [0.2, 0.25) is 6.79 Å². The minimum Gasteiger partial charge on any atom is -0.497 e. The standard InChI is InChI=1S/C42H32O6/c1-45-34-12-3-27(4-13-34)21-30(25-43)22-29-6-17-37-33(24-29)11-20-40-42(37)41-36-16-5-28(23-32(36)10-19-39(41)47-26-48-40)7-18-38(44)31-8-14-35(46-2)15-9-31/h3-20,22-25H,21,26H2,1-2H3/b18-7+,30-22-. The molecule has 0 aliphatic carbocycles. The summed E-state index contributed by atoms with van der Waals surface area (Å²) in [5.41, 5.74) is 6.05. The molecule has 0 atom stereocenters. The van der Waals surface area contributed by atoms with Crippen LogP contribution in [-0.2, 0) is 11.2 Å². The second-order valence-electron chi connectivity index (χ2n) is 11.5. The number of rotatable bonds is 9. The molecule has 0 radical (unpaired) electrons. The number of hydrogen-bond donors (Lipinski definition) is 0. The fourth-order valence-corrected chi connectivity index (χ4v) is 6.11. The number of hydrogen-bond acceptors (Lipinski definition) is 6. The van der Waals surface area contributed by atoms with Crippen LogP contribution in [0.4, 0.5) is 0 Å². The Bertz CT molecular complexity index is 2230. The van der Waals surface area contributed by atoms with Crippen molar-refractivity contribution in [3.8, 4) is 34.1 Å². The molecule has 0 saturated heterocycles. The van der Waals surface area contributed by atoms with Crippen molar-refractivity contribution >= 4 is 45.8 Å². The summed E-state index contributed by atoms with van der Waals surface area (Å²) >= 11 is 0. The molecule has 6 aromatic carbocycles. The molecular formula is C42H32O6. The number of carbonyl (C=O) groups is 2. The number of ether oxygens (including phenoxy) is 4. The zero-order chi connectivity index (χ0) is 33.0. The van der Waals surface area contributed by atoms with E-state index in [9.17, 15) is 9.59 Å². The number of aldehydes is 1. The second kappa shape index (κ2) is 13.3. The Morgan fingerprint density at radius 1 is 0.688 bits per heavy atom. The number of carbonyl (C=O) groups excluding carboxylic acids is 2. The van der Waals surface area contributed by atoms with Crippen LogP contribution in [0.2, 0.25) is 0 Å². The lowest BCUT2D eigenvalue weighted by molar-refractivity contribution is -0.104. The molecule has 1 heterocycles. The molecule has 0 unspecified atom stereocenters. The lowest BCUT2D eigenvalue weighted by Crippen LogP contribution is -2.03. The summed E-state index contributed by atoms with van der Waals surface area (Å²) < 4.78 is 22.6. The van der Waals surface area contributed by atoms with E-state index in [1.165, 1.54) is 0 Å². The van der Waals surface area contributed by atoms with Crippen molar-refractivity contribution in [3.05, 3.63) is 143 Å². The summed E-state index contributed by atoms with van der Waals surface area (Å²) in [4.78, 5) is 24.8. The van der Waals surface area contributed by atoms with E-state index in [1.54, 1.807) is 44.6 Å². The fraction of sp³-hybridized carbons (Fsp3) is 0.0952. The maximum atomic E-state index is 12.8. The molecule has 1 aliphatic rings. The summed E-state index contributed by atoms with van der Waals surface area (Å²) in [5, 5.41) is 4.05. The van der Waals surface area contributed by atoms with E-state index in [0.29, 0.717) is 23.3 Å². The quantitative estimate of drug-likeness (QED) is 0.0900. The first-order chi connectivity index (χ1) is 23.5. The molecule has 0 bridgehead atoms. The number of methoxy groups -OCH3 is 2. The summed E-state index contributed by atoms with van der Waals surface area (Å²) in [6.07, 6.45) is 6.79. The van der Waals surface area contributed by atoms with Crippen LogP contribution < -0.4 is 18.9 Å². The van der Waals surface area contributed by atoms with Crippen molar-refractivity contribution in [1.29, 1.82) is 0 Å². The molecule has 0 N–H and O–H groups in total. The minimum atomic E-state index is -0.0826. The molecule has 6 nitrogen and oxygen atoms in total. The number of ketones is 1. The van der Waals surface area contributed by atoms with Gasteiger partial charge in [0.1, 0.15) is 29.3 Å². The van der Waals surface area contributed by atoms with Crippen molar-refractivity contribution in [2.45, 2.75) is 6.42 Å². The van der Waals surface area contributed by atoms with E-state index in [0.717, 1.165) is 72.9 Å². The van der Waals surface area contributed by atoms with Crippen LogP contribution in [0.25, 0.3) is 44.8 Å². The average molecular weight is 633 g/mol. The molecule has 236 valence electrons. The highest BCUT2D eigenvalue weighted by Gasteiger charge is 2.22. The van der Waals surface area contributed by atoms with Gasteiger partial charge in [-0.25, -0.2) is 0 Å². The Kier molecular flexibility index (Phi) is 8.46. The summed E-state index contributed by atoms with van der Waals surface area (Å²) in [5.74, 6) is 2.87. The molecule has 0 aromatic heterocycles. The Balaban J connectivity index is 1.23. The van der Waals surface area contributed by atoms with Gasteiger partial charge in [-0.15, -0.1) is 0 Å². The highest BCUT2D eigenvalue weighted by molar-refractivity contribution is 6.11. The van der Waals surface area contributed by atoms with Crippen LogP contribution >= 0.6 is 0 Å². The van der Waals surface area contributed by atoms with Gasteiger partial charge in [-0.3, -0.25) is 9.59 Å². The normalized spacial score (nSPS) is 12.5. The van der Waals surface area contributed by atoms with Crippen molar-refractivity contribution in [3.63, 3.8) is 0 Å². The summed E-state index contributed by atoms with van der Waals surface area (Å²) in [7, 11) is 3.23. The maximum Gasteiger partial charge on any atom is 0.230 e. The van der Waals surface area contributed by atoms with Gasteiger partial charge in [-0.2, -0.15) is 0 Å². The number of benzene rings is 6. The molecule has 7 rings (SSSR count). The van der Waals surface area contributed by atoms with Crippen LogP contribution in [0.15, 0.2) is 121 Å². The van der Waals surface area contributed by atoms with Gasteiger partial charge in [0, 0.05) is 23.1 Å². The van der Waals surface area contributed by atoms with E-state index < -0.39 is 0 Å². The Morgan fingerprint density at radius 2 is 1.25 bits per heavy atom. The lowest BCUT2D eigenvalue weighted by Gasteiger charge is -2.14. The second-order valence-corrected chi connectivity index (χ2v) is 11.5. The van der Waals surface area contributed by atoms with Crippen LogP contribution in [0, 0.1) is 0 Å². The fourth-order valence-electron chi connectivity index (χ4n) is 6.11. The average Bonchev–Trinajstić information content (AvgIpc) is 3.33. The highest BCUT2D eigenvalue weighted by atomic mass is 16.7. The zero-order valence-corrected chi connectivity index (χ0v) is 26.6. The van der Waals surface area contributed by atoms with Gasteiger partial charge < -0.3 is 18.9 Å². The third kappa shape index (κ3) is 6.16. The summed E-state index contributed by atoms with van der Waals surface area (Å²) in [6.45, 7) is 0.0974. The predicted octanol–water partition coefficient (Wildman–Crippen LogP) is 9.13. The van der Waals surface area contributed by atoms with Gasteiger partial charge in [0.15, 0.2) is 5.78 Å². The van der Waals surface area contributed by atoms with Gasteiger partial charge in [0.05, 0.1) is 14.2 Å². The van der Waals surface area contributed by atoms with E-state index >= 15 is 0 Å². The van der Waals surface area contributed by atoms with Crippen LogP contribution in [-0.4, -0.2) is 33.1 Å². The molecule has 0 amide bonds. The molecule has 0 fully saturated rings. The molecule has 0 spiro atoms. The third-order valence-electron chi connectivity index (χ3n) is 8.56. The predicted molar refractivity (Wildman–Crippen MR) is 190 cm³/mol. The van der Waals surface area contributed by atoms with Crippen LogP contribution in [0.1, 0.15) is 27.0 Å². The molecule has 1 aliphatic heterocycles. The van der Waals surface area contributed by atoms with Crippen molar-refractivity contribution in [2.24, 2.45) is 0 Å². The van der Waals surface area contributed by atoms with Crippen LogP contribution in [0.5, 0.6) is 23.0 Å². The topological polar surface area (TPSA) is 71.1 Å². The first kappa shape index (κ1) is 30.5. The molecule has 0 saturated carbocycles. The van der Waals surface area contributed by atoms with E-state index in [-0.39, 0.29) is 12.6 Å². The monoisotopic (exact) mass is 632 g/mol. The van der Waals surface area contributed by atoms with Gasteiger partial charge in [-0.1, -0.05) is 54.6 Å². The Hall–Kier alpha value is -6.14. The third-order valence-corrected chi connectivity index (χ3v) is 8.56. The van der Waals surface area contributed by atoms with E-state index in [2.05, 4.69) is 24.3 Å². The first-order valence-corrected chi connectivity index (χ1v) is 15.6. The van der Waals surface area contributed by atoms with Gasteiger partial charge in [0.25, 0.3) is 0 Å². The highest BCUT2D eigenvalue weighted by Crippen LogP contribution is 2.47. The molecule has 6 heteroatoms. The summed E-state index contributed by atoms with van der Waals surface area (Å²) in [6, 6.07) is 35.1. The lowest BCUT2D eigenvalue weighted by atomic mass is 9.91. The van der Waals surface area contributed by atoms with Gasteiger partial charge >= 0.3 is 0 Å². The zero-order valence-electron chi connectivity index (χ0n) is 26.6. The van der Waals surface area contributed by atoms with E-state index in [1.807, 2.05) is 72.8 Å². The first-order valence-electron chi connectivity index (χ1n) is 15.6. The van der Waals surface area contributed by atoms with Gasteiger partial charge in [-0.05, 0) is 117 Å². The minimum absolute atomic E-state index is 0.0826. The number of allylic oxidation sites excluding steroid dienone is 2. The smallest absolute Gasteiger partial charge is 0.230 e. The molecular weight excluding hydrogens is 600 g/mol. The Labute approximate surface area is 278 Å². The molecule has 48 heavy (non-hydrogen) atoms. The molecule has 6 aromatic rings. The van der Waals surface area contributed by atoms with Crippen LogP contribution in [0.3, 0.4) is 0 Å². The van der Waals surface area contributed by atoms with Crippen molar-refractivity contribution in [2.75, 3.05) is 21.0 Å². The van der Waals surface area contributed by atoms with Crippen molar-refractivity contribution in [1.82, 2.24) is 0 Å². The largest absolute Gasteiger partial charge is 0.497 e.